The van der Waals surface area contributed by atoms with E-state index in [9.17, 15) is 30.7 Å². The minimum absolute atomic E-state index is 0.191. The Balaban J connectivity index is 1.33. The highest BCUT2D eigenvalue weighted by molar-refractivity contribution is 5.72. The van der Waals surface area contributed by atoms with Crippen LogP contribution in [0.5, 0.6) is 5.75 Å². The molecule has 248 valence electrons. The van der Waals surface area contributed by atoms with E-state index in [-0.39, 0.29) is 11.5 Å². The second-order valence-corrected chi connectivity index (χ2v) is 11.6. The first-order chi connectivity index (χ1) is 22.3. The number of allylic oxidation sites excluding steroid dienone is 2. The van der Waals surface area contributed by atoms with Gasteiger partial charge in [-0.25, -0.2) is 35.1 Å². The van der Waals surface area contributed by atoms with Crippen LogP contribution < -0.4 is 4.74 Å². The Morgan fingerprint density at radius 2 is 1.26 bits per heavy atom. The zero-order chi connectivity index (χ0) is 34.0. The Kier molecular flexibility index (Phi) is 10.0. The number of hydrogen-bond donors (Lipinski definition) is 0. The summed E-state index contributed by atoms with van der Waals surface area (Å²) in [6, 6.07) is 5.82. The first-order valence-corrected chi connectivity index (χ1v) is 14.9. The molecule has 4 aromatic carbocycles. The predicted octanol–water partition coefficient (Wildman–Crippen LogP) is 11.9. The molecular weight excluding hydrogens is 638 g/mol. The second-order valence-electron chi connectivity index (χ2n) is 11.6. The zero-order valence-corrected chi connectivity index (χ0v) is 24.9. The monoisotopic (exact) mass is 666 g/mol. The third kappa shape index (κ3) is 7.34. The van der Waals surface area contributed by atoms with Crippen LogP contribution in [0.1, 0.15) is 62.5 Å². The number of alkyl halides is 2. The van der Waals surface area contributed by atoms with Crippen molar-refractivity contribution in [1.29, 1.82) is 0 Å². The van der Waals surface area contributed by atoms with Gasteiger partial charge in [-0.2, -0.15) is 8.78 Å². The standard InChI is InChI=1S/C36H28F10O/c1-2-3-4-5-19-6-8-20(9-7-19)21-12-29(40)34(30(41)13-21)36(45,46)47-24-10-11-25(26(37)18-24)22-14-27(38)33(28(39)15-22)23-16-31(42)35(44)32(43)17-23/h2-3,10-20H,4-9H2,1H3/b3-2+. The summed E-state index contributed by atoms with van der Waals surface area (Å²) in [5.74, 6) is -12.9. The van der Waals surface area contributed by atoms with Crippen LogP contribution in [0.4, 0.5) is 43.9 Å². The molecule has 1 fully saturated rings. The summed E-state index contributed by atoms with van der Waals surface area (Å²) in [4.78, 5) is 0. The fourth-order valence-electron chi connectivity index (χ4n) is 6.09. The first kappa shape index (κ1) is 34.1. The highest BCUT2D eigenvalue weighted by Crippen LogP contribution is 2.42. The van der Waals surface area contributed by atoms with E-state index < -0.39 is 86.2 Å². The normalized spacial score (nSPS) is 17.0. The van der Waals surface area contributed by atoms with Gasteiger partial charge < -0.3 is 4.74 Å². The topological polar surface area (TPSA) is 9.23 Å². The van der Waals surface area contributed by atoms with Gasteiger partial charge in [0.15, 0.2) is 17.5 Å². The molecule has 0 amide bonds. The predicted molar refractivity (Wildman–Crippen MR) is 157 cm³/mol. The Morgan fingerprint density at radius 3 is 1.81 bits per heavy atom. The van der Waals surface area contributed by atoms with Crippen molar-refractivity contribution in [1.82, 2.24) is 0 Å². The molecule has 1 aliphatic rings. The Labute approximate surface area is 264 Å². The average Bonchev–Trinajstić information content (AvgIpc) is 2.99. The van der Waals surface area contributed by atoms with Crippen LogP contribution in [0.3, 0.4) is 0 Å². The number of ether oxygens (including phenoxy) is 1. The molecule has 0 N–H and O–H groups in total. The molecule has 0 aliphatic heterocycles. The maximum atomic E-state index is 15.1. The van der Waals surface area contributed by atoms with E-state index in [1.165, 1.54) is 0 Å². The SMILES string of the molecule is C/C=C/CCC1CCC(c2cc(F)c(C(F)(F)Oc3ccc(-c4cc(F)c(-c5cc(F)c(F)c(F)c5)c(F)c4)c(F)c3)c(F)c2)CC1. The third-order valence-electron chi connectivity index (χ3n) is 8.46. The molecule has 0 atom stereocenters. The summed E-state index contributed by atoms with van der Waals surface area (Å²) in [7, 11) is 0. The van der Waals surface area contributed by atoms with Gasteiger partial charge in [-0.1, -0.05) is 12.2 Å². The van der Waals surface area contributed by atoms with E-state index in [0.29, 0.717) is 49.1 Å². The molecule has 1 nitrogen and oxygen atoms in total. The second kappa shape index (κ2) is 13.8. The van der Waals surface area contributed by atoms with Gasteiger partial charge in [0.05, 0.1) is 5.56 Å². The highest BCUT2D eigenvalue weighted by Gasteiger charge is 2.42. The van der Waals surface area contributed by atoms with E-state index in [1.54, 1.807) is 0 Å². The lowest BCUT2D eigenvalue weighted by Crippen LogP contribution is -2.26. The summed E-state index contributed by atoms with van der Waals surface area (Å²) in [6.45, 7) is 1.94. The van der Waals surface area contributed by atoms with Crippen LogP contribution in [0.15, 0.2) is 66.7 Å². The maximum absolute atomic E-state index is 15.1. The van der Waals surface area contributed by atoms with Crippen LogP contribution in [-0.4, -0.2) is 0 Å². The van der Waals surface area contributed by atoms with Crippen molar-refractivity contribution < 1.29 is 48.6 Å². The minimum Gasteiger partial charge on any atom is -0.429 e. The average molecular weight is 667 g/mol. The van der Waals surface area contributed by atoms with Gasteiger partial charge in [-0.05, 0) is 123 Å². The van der Waals surface area contributed by atoms with Crippen molar-refractivity contribution in [3.05, 3.63) is 124 Å². The molecule has 47 heavy (non-hydrogen) atoms. The van der Waals surface area contributed by atoms with Crippen molar-refractivity contribution in [2.75, 3.05) is 0 Å². The maximum Gasteiger partial charge on any atom is 0.432 e. The molecule has 1 aliphatic carbocycles. The molecule has 0 unspecified atom stereocenters. The van der Waals surface area contributed by atoms with Gasteiger partial charge in [0, 0.05) is 11.6 Å². The van der Waals surface area contributed by atoms with E-state index >= 15 is 13.2 Å². The molecule has 0 heterocycles. The largest absolute Gasteiger partial charge is 0.432 e. The molecule has 0 bridgehead atoms. The molecule has 0 spiro atoms. The highest BCUT2D eigenvalue weighted by atomic mass is 19.3. The number of benzene rings is 4. The van der Waals surface area contributed by atoms with E-state index in [4.69, 9.17) is 0 Å². The van der Waals surface area contributed by atoms with Crippen molar-refractivity contribution in [3.8, 4) is 28.0 Å². The zero-order valence-electron chi connectivity index (χ0n) is 24.9. The molecular formula is C36H28F10O. The number of hydrogen-bond acceptors (Lipinski definition) is 1. The van der Waals surface area contributed by atoms with Gasteiger partial charge in [0.25, 0.3) is 0 Å². The smallest absolute Gasteiger partial charge is 0.429 e. The fourth-order valence-corrected chi connectivity index (χ4v) is 6.09. The van der Waals surface area contributed by atoms with Gasteiger partial charge >= 0.3 is 6.11 Å². The van der Waals surface area contributed by atoms with Crippen LogP contribution >= 0.6 is 0 Å². The van der Waals surface area contributed by atoms with Crippen molar-refractivity contribution in [3.63, 3.8) is 0 Å². The van der Waals surface area contributed by atoms with E-state index in [1.807, 2.05) is 13.0 Å². The summed E-state index contributed by atoms with van der Waals surface area (Å²) in [5, 5.41) is 0. The number of rotatable bonds is 9. The van der Waals surface area contributed by atoms with Crippen LogP contribution in [0.25, 0.3) is 22.3 Å². The van der Waals surface area contributed by atoms with E-state index in [2.05, 4.69) is 10.8 Å². The Hall–Kier alpha value is -4.28. The summed E-state index contributed by atoms with van der Waals surface area (Å²) >= 11 is 0. The van der Waals surface area contributed by atoms with Crippen molar-refractivity contribution in [2.45, 2.75) is 57.5 Å². The van der Waals surface area contributed by atoms with E-state index in [0.717, 1.165) is 49.9 Å². The lowest BCUT2D eigenvalue weighted by atomic mass is 9.77. The summed E-state index contributed by atoms with van der Waals surface area (Å²) in [5.41, 5.74) is -3.89. The molecule has 1 saturated carbocycles. The Bertz CT molecular complexity index is 1740. The summed E-state index contributed by atoms with van der Waals surface area (Å²) < 4.78 is 150. The van der Waals surface area contributed by atoms with Crippen LogP contribution in [0, 0.1) is 52.5 Å². The van der Waals surface area contributed by atoms with Gasteiger partial charge in [0.1, 0.15) is 40.4 Å². The lowest BCUT2D eigenvalue weighted by Gasteiger charge is -2.29. The van der Waals surface area contributed by atoms with Crippen LogP contribution in [-0.2, 0) is 6.11 Å². The molecule has 11 heteroatoms. The van der Waals surface area contributed by atoms with Gasteiger partial charge in [0.2, 0.25) is 0 Å². The van der Waals surface area contributed by atoms with Crippen molar-refractivity contribution >= 4 is 0 Å². The fraction of sp³-hybridized carbons (Fsp3) is 0.278. The lowest BCUT2D eigenvalue weighted by molar-refractivity contribution is -0.189. The third-order valence-corrected chi connectivity index (χ3v) is 8.46. The minimum atomic E-state index is -4.56. The molecule has 0 aromatic heterocycles. The quantitative estimate of drug-likeness (QED) is 0.0982. The van der Waals surface area contributed by atoms with Gasteiger partial charge in [-0.3, -0.25) is 0 Å². The molecule has 0 radical (unpaired) electrons. The van der Waals surface area contributed by atoms with Gasteiger partial charge in [-0.15, -0.1) is 0 Å². The number of halogens is 10. The van der Waals surface area contributed by atoms with Crippen LogP contribution in [0.2, 0.25) is 0 Å². The summed E-state index contributed by atoms with van der Waals surface area (Å²) in [6.07, 6.45) is 4.47. The molecule has 4 aromatic rings. The Morgan fingerprint density at radius 1 is 0.681 bits per heavy atom. The van der Waals surface area contributed by atoms with Crippen molar-refractivity contribution in [2.24, 2.45) is 5.92 Å². The first-order valence-electron chi connectivity index (χ1n) is 14.9. The molecule has 0 saturated heterocycles. The molecule has 5 rings (SSSR count).